The Morgan fingerprint density at radius 1 is 1.64 bits per heavy atom. The minimum Gasteiger partial charge on any atom is -0.381 e. The fraction of sp³-hybridized carbons (Fsp3) is 0.778. The Morgan fingerprint density at radius 2 is 2.45 bits per heavy atom. The maximum absolute atomic E-state index is 5.89. The molecule has 0 aromatic rings. The van der Waals surface area contributed by atoms with Crippen molar-refractivity contribution in [3.05, 3.63) is 12.7 Å². The van der Waals surface area contributed by atoms with Gasteiger partial charge in [0.05, 0.1) is 6.61 Å². The van der Waals surface area contributed by atoms with Crippen molar-refractivity contribution in [2.24, 2.45) is 5.41 Å². The summed E-state index contributed by atoms with van der Waals surface area (Å²) in [5.74, 6) is 0.693. The van der Waals surface area contributed by atoms with Gasteiger partial charge in [-0.25, -0.2) is 0 Å². The van der Waals surface area contributed by atoms with E-state index in [9.17, 15) is 0 Å². The lowest BCUT2D eigenvalue weighted by atomic mass is 9.81. The summed E-state index contributed by atoms with van der Waals surface area (Å²) in [4.78, 5) is 0. The third kappa shape index (κ3) is 2.21. The van der Waals surface area contributed by atoms with E-state index in [-0.39, 0.29) is 5.41 Å². The van der Waals surface area contributed by atoms with Crippen LogP contribution < -0.4 is 0 Å². The quantitative estimate of drug-likeness (QED) is 0.472. The highest BCUT2D eigenvalue weighted by Crippen LogP contribution is 2.33. The summed E-state index contributed by atoms with van der Waals surface area (Å²) in [5, 5.41) is 0. The van der Waals surface area contributed by atoms with Crippen LogP contribution in [0.2, 0.25) is 0 Å². The second-order valence-corrected chi connectivity index (χ2v) is 3.55. The Hall–Kier alpha value is -0.0100. The molecule has 0 radical (unpaired) electrons. The first-order chi connectivity index (χ1) is 5.33. The van der Waals surface area contributed by atoms with Crippen molar-refractivity contribution in [3.8, 4) is 0 Å². The molecular formula is C9H15ClO. The van der Waals surface area contributed by atoms with Crippen LogP contribution in [0.4, 0.5) is 0 Å². The van der Waals surface area contributed by atoms with Gasteiger partial charge in [0.1, 0.15) is 0 Å². The predicted molar refractivity (Wildman–Crippen MR) is 48.0 cm³/mol. The zero-order valence-electron chi connectivity index (χ0n) is 6.81. The van der Waals surface area contributed by atoms with Gasteiger partial charge in [0.25, 0.3) is 0 Å². The van der Waals surface area contributed by atoms with Crippen molar-refractivity contribution in [1.82, 2.24) is 0 Å². The van der Waals surface area contributed by atoms with Crippen LogP contribution in [0.5, 0.6) is 0 Å². The van der Waals surface area contributed by atoms with Crippen LogP contribution >= 0.6 is 11.6 Å². The van der Waals surface area contributed by atoms with Crippen LogP contribution in [0.1, 0.15) is 19.3 Å². The molecule has 0 aliphatic carbocycles. The maximum Gasteiger partial charge on any atom is 0.0536 e. The Morgan fingerprint density at radius 3 is 2.91 bits per heavy atom. The van der Waals surface area contributed by atoms with Gasteiger partial charge in [-0.2, -0.15) is 0 Å². The first kappa shape index (κ1) is 9.08. The highest BCUT2D eigenvalue weighted by atomic mass is 35.5. The van der Waals surface area contributed by atoms with E-state index >= 15 is 0 Å². The number of alkyl halides is 1. The van der Waals surface area contributed by atoms with E-state index in [2.05, 4.69) is 6.58 Å². The Balaban J connectivity index is 2.49. The molecule has 0 aromatic carbocycles. The number of ether oxygens (including phenoxy) is 1. The fourth-order valence-electron chi connectivity index (χ4n) is 1.54. The molecule has 0 bridgehead atoms. The first-order valence-corrected chi connectivity index (χ1v) is 4.61. The third-order valence-corrected chi connectivity index (χ3v) is 2.83. The van der Waals surface area contributed by atoms with Gasteiger partial charge in [-0.3, -0.25) is 0 Å². The van der Waals surface area contributed by atoms with E-state index in [4.69, 9.17) is 16.3 Å². The van der Waals surface area contributed by atoms with Crippen molar-refractivity contribution >= 4 is 11.6 Å². The highest BCUT2D eigenvalue weighted by Gasteiger charge is 2.30. The molecule has 11 heavy (non-hydrogen) atoms. The summed E-state index contributed by atoms with van der Waals surface area (Å²) in [5.41, 5.74) is 0.196. The van der Waals surface area contributed by atoms with Gasteiger partial charge in [0, 0.05) is 17.9 Å². The SMILES string of the molecule is C=CCC1(CCl)CCCOC1. The van der Waals surface area contributed by atoms with Crippen molar-refractivity contribution in [2.45, 2.75) is 19.3 Å². The van der Waals surface area contributed by atoms with Gasteiger partial charge in [-0.05, 0) is 19.3 Å². The molecule has 0 spiro atoms. The van der Waals surface area contributed by atoms with Gasteiger partial charge in [0.2, 0.25) is 0 Å². The van der Waals surface area contributed by atoms with Crippen LogP contribution in [0.25, 0.3) is 0 Å². The van der Waals surface area contributed by atoms with Crippen molar-refractivity contribution < 1.29 is 4.74 Å². The van der Waals surface area contributed by atoms with E-state index in [1.165, 1.54) is 6.42 Å². The second-order valence-electron chi connectivity index (χ2n) is 3.28. The van der Waals surface area contributed by atoms with Gasteiger partial charge >= 0.3 is 0 Å². The average molecular weight is 175 g/mol. The topological polar surface area (TPSA) is 9.23 Å². The zero-order chi connectivity index (χ0) is 8.16. The van der Waals surface area contributed by atoms with E-state index in [0.29, 0.717) is 5.88 Å². The molecule has 1 unspecified atom stereocenters. The molecular weight excluding hydrogens is 160 g/mol. The van der Waals surface area contributed by atoms with Crippen LogP contribution in [-0.4, -0.2) is 19.1 Å². The number of rotatable bonds is 3. The Bertz CT molecular complexity index is 128. The molecule has 2 heteroatoms. The fourth-order valence-corrected chi connectivity index (χ4v) is 1.86. The van der Waals surface area contributed by atoms with Gasteiger partial charge in [0.15, 0.2) is 0 Å². The molecule has 64 valence electrons. The van der Waals surface area contributed by atoms with Gasteiger partial charge in [-0.15, -0.1) is 18.2 Å². The normalized spacial score (nSPS) is 31.7. The van der Waals surface area contributed by atoms with Crippen molar-refractivity contribution in [2.75, 3.05) is 19.1 Å². The molecule has 1 heterocycles. The molecule has 1 fully saturated rings. The monoisotopic (exact) mass is 174 g/mol. The molecule has 0 N–H and O–H groups in total. The largest absolute Gasteiger partial charge is 0.381 e. The number of hydrogen-bond donors (Lipinski definition) is 0. The molecule has 1 aliphatic rings. The van der Waals surface area contributed by atoms with E-state index in [1.807, 2.05) is 6.08 Å². The van der Waals surface area contributed by atoms with Crippen molar-refractivity contribution in [1.29, 1.82) is 0 Å². The summed E-state index contributed by atoms with van der Waals surface area (Å²) >= 11 is 5.89. The lowest BCUT2D eigenvalue weighted by molar-refractivity contribution is 0.00621. The summed E-state index contributed by atoms with van der Waals surface area (Å²) in [6.45, 7) is 5.44. The molecule has 0 amide bonds. The Labute approximate surface area is 73.4 Å². The summed E-state index contributed by atoms with van der Waals surface area (Å²) in [7, 11) is 0. The number of halogens is 1. The standard InChI is InChI=1S/C9H15ClO/c1-2-4-9(7-10)5-3-6-11-8-9/h2H,1,3-8H2. The third-order valence-electron chi connectivity index (χ3n) is 2.26. The zero-order valence-corrected chi connectivity index (χ0v) is 7.57. The second kappa shape index (κ2) is 4.13. The lowest BCUT2D eigenvalue weighted by Gasteiger charge is -2.34. The number of allylic oxidation sites excluding steroid dienone is 1. The Kier molecular flexibility index (Phi) is 3.41. The van der Waals surface area contributed by atoms with E-state index in [0.717, 1.165) is 26.1 Å². The smallest absolute Gasteiger partial charge is 0.0536 e. The summed E-state index contributed by atoms with van der Waals surface area (Å²) in [6, 6.07) is 0. The van der Waals surface area contributed by atoms with Gasteiger partial charge in [-0.1, -0.05) is 6.08 Å². The minimum absolute atomic E-state index is 0.196. The predicted octanol–water partition coefficient (Wildman–Crippen LogP) is 2.60. The van der Waals surface area contributed by atoms with E-state index < -0.39 is 0 Å². The molecule has 1 nitrogen and oxygen atoms in total. The van der Waals surface area contributed by atoms with Crippen LogP contribution in [-0.2, 0) is 4.74 Å². The summed E-state index contributed by atoms with van der Waals surface area (Å²) < 4.78 is 5.40. The van der Waals surface area contributed by atoms with Crippen LogP contribution in [0.15, 0.2) is 12.7 Å². The van der Waals surface area contributed by atoms with Crippen LogP contribution in [0.3, 0.4) is 0 Å². The minimum atomic E-state index is 0.196. The highest BCUT2D eigenvalue weighted by molar-refractivity contribution is 6.18. The molecule has 1 aliphatic heterocycles. The maximum atomic E-state index is 5.89. The summed E-state index contributed by atoms with van der Waals surface area (Å²) in [6.07, 6.45) is 5.25. The lowest BCUT2D eigenvalue weighted by Crippen LogP contribution is -2.32. The van der Waals surface area contributed by atoms with E-state index in [1.54, 1.807) is 0 Å². The molecule has 1 rings (SSSR count). The average Bonchev–Trinajstić information content (AvgIpc) is 2.07. The molecule has 1 atom stereocenters. The van der Waals surface area contributed by atoms with Crippen LogP contribution in [0, 0.1) is 5.41 Å². The first-order valence-electron chi connectivity index (χ1n) is 4.08. The van der Waals surface area contributed by atoms with Crippen molar-refractivity contribution in [3.63, 3.8) is 0 Å². The number of hydrogen-bond acceptors (Lipinski definition) is 1. The molecule has 0 aromatic heterocycles. The molecule has 1 saturated heterocycles. The van der Waals surface area contributed by atoms with Gasteiger partial charge < -0.3 is 4.74 Å². The molecule has 0 saturated carbocycles.